The lowest BCUT2D eigenvalue weighted by atomic mass is 10.1. The molecule has 0 fully saturated rings. The predicted molar refractivity (Wildman–Crippen MR) is 165 cm³/mol. The van der Waals surface area contributed by atoms with Gasteiger partial charge in [0.1, 0.15) is 0 Å². The van der Waals surface area contributed by atoms with Crippen molar-refractivity contribution in [2.24, 2.45) is 0 Å². The molecular formula is C32H36N2OSi2. The van der Waals surface area contributed by atoms with E-state index in [9.17, 15) is 0 Å². The molecule has 0 aliphatic rings. The van der Waals surface area contributed by atoms with Crippen LogP contribution in [0.3, 0.4) is 0 Å². The molecule has 4 aromatic carbocycles. The zero-order chi connectivity index (χ0) is 25.6. The second kappa shape index (κ2) is 9.32. The molecule has 6 rings (SSSR count). The van der Waals surface area contributed by atoms with Crippen LogP contribution in [0.1, 0.15) is 11.1 Å². The van der Waals surface area contributed by atoms with Crippen LogP contribution in [0, 0.1) is 0 Å². The molecule has 2 heterocycles. The maximum absolute atomic E-state index is 7.00. The second-order valence-electron chi connectivity index (χ2n) is 11.7. The van der Waals surface area contributed by atoms with Gasteiger partial charge in [0, 0.05) is 43.6 Å². The average molecular weight is 521 g/mol. The second-order valence-corrected chi connectivity index (χ2v) is 20.6. The summed E-state index contributed by atoms with van der Waals surface area (Å²) in [7, 11) is -3.56. The van der Waals surface area contributed by atoms with Crippen LogP contribution in [0.15, 0.2) is 84.9 Å². The molecule has 5 heteroatoms. The highest BCUT2D eigenvalue weighted by molar-refractivity contribution is 6.84. The van der Waals surface area contributed by atoms with E-state index in [1.165, 1.54) is 54.7 Å². The molecule has 3 nitrogen and oxygen atoms in total. The number of aromatic amines is 2. The van der Waals surface area contributed by atoms with Gasteiger partial charge < -0.3 is 14.1 Å². The Kier molecular flexibility index (Phi) is 6.10. The molecule has 0 aliphatic heterocycles. The summed E-state index contributed by atoms with van der Waals surface area (Å²) in [5.41, 5.74) is 7.69. The van der Waals surface area contributed by atoms with Gasteiger partial charge in [0.15, 0.2) is 16.6 Å². The fraction of sp³-hybridized carbons (Fsp3) is 0.250. The number of aromatic nitrogens is 2. The molecule has 0 bridgehead atoms. The van der Waals surface area contributed by atoms with Crippen molar-refractivity contribution in [3.8, 4) is 0 Å². The van der Waals surface area contributed by atoms with Crippen LogP contribution in [-0.2, 0) is 17.0 Å². The Bertz CT molecular complexity index is 1600. The Balaban J connectivity index is 1.09. The molecule has 0 saturated carbocycles. The van der Waals surface area contributed by atoms with Crippen molar-refractivity contribution in [2.45, 2.75) is 51.1 Å². The SMILES string of the molecule is C[Si](C)(CCc1ccc2c(c1)[nH]c1ccccc12)O[Si](C)(C)CCc1ccc2c(c1)[nH]c1ccccc12. The quantitative estimate of drug-likeness (QED) is 0.193. The van der Waals surface area contributed by atoms with Crippen molar-refractivity contribution in [1.29, 1.82) is 0 Å². The number of hydrogen-bond acceptors (Lipinski definition) is 1. The van der Waals surface area contributed by atoms with Gasteiger partial charge in [-0.15, -0.1) is 0 Å². The topological polar surface area (TPSA) is 40.8 Å². The van der Waals surface area contributed by atoms with Crippen LogP contribution in [0.4, 0.5) is 0 Å². The Morgan fingerprint density at radius 2 is 0.919 bits per heavy atom. The minimum Gasteiger partial charge on any atom is -0.455 e. The Morgan fingerprint density at radius 1 is 0.514 bits per heavy atom. The van der Waals surface area contributed by atoms with Crippen LogP contribution in [0.2, 0.25) is 38.3 Å². The molecule has 37 heavy (non-hydrogen) atoms. The lowest BCUT2D eigenvalue weighted by Crippen LogP contribution is -2.44. The highest BCUT2D eigenvalue weighted by Crippen LogP contribution is 2.30. The van der Waals surface area contributed by atoms with Crippen molar-refractivity contribution in [1.82, 2.24) is 9.97 Å². The van der Waals surface area contributed by atoms with E-state index in [4.69, 9.17) is 4.12 Å². The first-order valence-electron chi connectivity index (χ1n) is 13.5. The number of para-hydroxylation sites is 2. The molecule has 0 radical (unpaired) electrons. The van der Waals surface area contributed by atoms with E-state index in [2.05, 4.69) is 121 Å². The third-order valence-corrected chi connectivity index (χ3v) is 15.1. The van der Waals surface area contributed by atoms with Crippen molar-refractivity contribution >= 4 is 60.2 Å². The standard InChI is InChI=1S/C32H36N2OSi2/c1-36(2,19-17-23-13-15-27-25-9-5-7-11-29(25)33-31(27)21-23)35-37(3,4)20-18-24-14-16-28-26-10-6-8-12-30(26)34-32(28)22-24/h5-16,21-22,33-34H,17-20H2,1-4H3. The van der Waals surface area contributed by atoms with Crippen molar-refractivity contribution in [2.75, 3.05) is 0 Å². The van der Waals surface area contributed by atoms with Gasteiger partial charge in [-0.05, 0) is 86.5 Å². The lowest BCUT2D eigenvalue weighted by Gasteiger charge is -2.34. The van der Waals surface area contributed by atoms with Crippen LogP contribution < -0.4 is 0 Å². The Labute approximate surface area is 221 Å². The fourth-order valence-electron chi connectivity index (χ4n) is 5.86. The minimum absolute atomic E-state index is 1.08. The molecular weight excluding hydrogens is 485 g/mol. The summed E-state index contributed by atoms with van der Waals surface area (Å²) in [6.45, 7) is 9.61. The summed E-state index contributed by atoms with van der Waals surface area (Å²) >= 11 is 0. The third-order valence-electron chi connectivity index (χ3n) is 7.73. The Hall–Kier alpha value is -3.13. The number of H-pyrrole nitrogens is 2. The zero-order valence-corrected chi connectivity index (χ0v) is 24.3. The number of hydrogen-bond donors (Lipinski definition) is 2. The van der Waals surface area contributed by atoms with E-state index in [0.29, 0.717) is 0 Å². The summed E-state index contributed by atoms with van der Waals surface area (Å²) in [6, 6.07) is 33.2. The molecule has 2 aromatic heterocycles. The average Bonchev–Trinajstić information content (AvgIpc) is 3.43. The number of aryl methyl sites for hydroxylation is 2. The zero-order valence-electron chi connectivity index (χ0n) is 22.3. The summed E-state index contributed by atoms with van der Waals surface area (Å²) in [6.07, 6.45) is 2.15. The van der Waals surface area contributed by atoms with E-state index >= 15 is 0 Å². The molecule has 0 spiro atoms. The molecule has 0 amide bonds. The van der Waals surface area contributed by atoms with Gasteiger partial charge in [0.2, 0.25) is 0 Å². The lowest BCUT2D eigenvalue weighted by molar-refractivity contribution is 0.536. The highest BCUT2D eigenvalue weighted by Gasteiger charge is 2.32. The van der Waals surface area contributed by atoms with Gasteiger partial charge in [0.25, 0.3) is 0 Å². The summed E-state index contributed by atoms with van der Waals surface area (Å²) < 4.78 is 7.00. The van der Waals surface area contributed by atoms with Gasteiger partial charge in [-0.1, -0.05) is 60.7 Å². The number of nitrogens with one attached hydrogen (secondary N) is 2. The van der Waals surface area contributed by atoms with E-state index in [0.717, 1.165) is 24.9 Å². The molecule has 0 saturated heterocycles. The summed E-state index contributed by atoms with van der Waals surface area (Å²) in [4.78, 5) is 7.18. The van der Waals surface area contributed by atoms with Gasteiger partial charge >= 0.3 is 0 Å². The van der Waals surface area contributed by atoms with E-state index in [-0.39, 0.29) is 0 Å². The van der Waals surface area contributed by atoms with Gasteiger partial charge in [-0.3, -0.25) is 0 Å². The minimum atomic E-state index is -1.78. The maximum Gasteiger partial charge on any atom is 0.173 e. The van der Waals surface area contributed by atoms with Gasteiger partial charge in [0.05, 0.1) is 0 Å². The smallest absolute Gasteiger partial charge is 0.173 e. The van der Waals surface area contributed by atoms with E-state index in [1.54, 1.807) is 0 Å². The number of fused-ring (bicyclic) bond motifs is 6. The largest absolute Gasteiger partial charge is 0.455 e. The van der Waals surface area contributed by atoms with Gasteiger partial charge in [-0.2, -0.15) is 0 Å². The van der Waals surface area contributed by atoms with Crippen molar-refractivity contribution in [3.05, 3.63) is 96.1 Å². The fourth-order valence-corrected chi connectivity index (χ4v) is 14.4. The van der Waals surface area contributed by atoms with Crippen molar-refractivity contribution in [3.63, 3.8) is 0 Å². The molecule has 0 atom stereocenters. The molecule has 2 N–H and O–H groups in total. The van der Waals surface area contributed by atoms with Gasteiger partial charge in [-0.25, -0.2) is 0 Å². The van der Waals surface area contributed by atoms with Crippen LogP contribution in [-0.4, -0.2) is 26.6 Å². The van der Waals surface area contributed by atoms with Crippen LogP contribution in [0.25, 0.3) is 43.6 Å². The monoisotopic (exact) mass is 520 g/mol. The summed E-state index contributed by atoms with van der Waals surface area (Å²) in [5, 5.41) is 5.23. The normalized spacial score (nSPS) is 12.9. The number of benzene rings is 4. The van der Waals surface area contributed by atoms with Crippen molar-refractivity contribution < 1.29 is 4.12 Å². The third kappa shape index (κ3) is 5.04. The molecule has 6 aromatic rings. The highest BCUT2D eigenvalue weighted by atomic mass is 28.4. The van der Waals surface area contributed by atoms with Crippen LogP contribution in [0.5, 0.6) is 0 Å². The molecule has 0 aliphatic carbocycles. The summed E-state index contributed by atoms with van der Waals surface area (Å²) in [5.74, 6) is 0. The first kappa shape index (κ1) is 24.2. The predicted octanol–water partition coefficient (Wildman–Crippen LogP) is 9.17. The maximum atomic E-state index is 7.00. The van der Waals surface area contributed by atoms with E-state index < -0.39 is 16.6 Å². The van der Waals surface area contributed by atoms with E-state index in [1.807, 2.05) is 0 Å². The first-order valence-corrected chi connectivity index (χ1v) is 19.7. The first-order chi connectivity index (χ1) is 17.8. The van der Waals surface area contributed by atoms with Crippen LogP contribution >= 0.6 is 0 Å². The Morgan fingerprint density at radius 3 is 1.38 bits per heavy atom. The number of rotatable bonds is 8. The molecule has 188 valence electrons. The molecule has 0 unspecified atom stereocenters.